The summed E-state index contributed by atoms with van der Waals surface area (Å²) in [5, 5.41) is 0.679. The molecule has 1 aliphatic rings. The van der Waals surface area contributed by atoms with Crippen molar-refractivity contribution in [3.05, 3.63) is 76.7 Å². The molecule has 0 aliphatic carbocycles. The van der Waals surface area contributed by atoms with Crippen LogP contribution in [0.4, 0.5) is 11.4 Å². The van der Waals surface area contributed by atoms with Crippen LogP contribution >= 0.6 is 11.6 Å². The van der Waals surface area contributed by atoms with Gasteiger partial charge in [0.25, 0.3) is 0 Å². The molecule has 0 amide bonds. The van der Waals surface area contributed by atoms with Gasteiger partial charge in [0, 0.05) is 6.20 Å². The zero-order valence-corrected chi connectivity index (χ0v) is 20.4. The lowest BCUT2D eigenvalue weighted by molar-refractivity contribution is 0.818. The molecule has 0 bridgehead atoms. The maximum atomic E-state index is 6.86. The van der Waals surface area contributed by atoms with Gasteiger partial charge in [0.2, 0.25) is 6.67 Å². The second-order valence-electron chi connectivity index (χ2n) is 9.45. The molecule has 0 spiro atoms. The molecule has 0 aromatic heterocycles. The minimum absolute atomic E-state index is 0.396. The van der Waals surface area contributed by atoms with Crippen molar-refractivity contribution in [1.82, 2.24) is 0 Å². The van der Waals surface area contributed by atoms with Crippen molar-refractivity contribution < 1.29 is 0 Å². The Morgan fingerprint density at radius 1 is 0.633 bits per heavy atom. The minimum atomic E-state index is 0.396. The highest BCUT2D eigenvalue weighted by molar-refractivity contribution is 6.32. The van der Waals surface area contributed by atoms with Crippen LogP contribution in [0.3, 0.4) is 0 Å². The fourth-order valence-electron chi connectivity index (χ4n) is 4.18. The lowest BCUT2D eigenvalue weighted by Gasteiger charge is -2.30. The molecule has 0 fully saturated rings. The van der Waals surface area contributed by atoms with E-state index in [0.29, 0.717) is 28.8 Å². The van der Waals surface area contributed by atoms with Crippen LogP contribution in [-0.2, 0) is 0 Å². The van der Waals surface area contributed by atoms with Gasteiger partial charge in [-0.25, -0.2) is 0 Å². The van der Waals surface area contributed by atoms with Gasteiger partial charge < -0.3 is 4.90 Å². The van der Waals surface area contributed by atoms with Gasteiger partial charge in [0.15, 0.2) is 0 Å². The average molecular weight is 423 g/mol. The topological polar surface area (TPSA) is 6.48 Å². The molecule has 3 heteroatoms. The van der Waals surface area contributed by atoms with Crippen LogP contribution in [0.2, 0.25) is 0 Å². The van der Waals surface area contributed by atoms with Crippen LogP contribution in [0.15, 0.2) is 47.8 Å². The molecule has 2 nitrogen and oxygen atoms in total. The van der Waals surface area contributed by atoms with Gasteiger partial charge in [-0.1, -0.05) is 103 Å². The Kier molecular flexibility index (Phi) is 6.87. The van der Waals surface area contributed by atoms with Crippen LogP contribution in [0.1, 0.15) is 101 Å². The zero-order chi connectivity index (χ0) is 22.2. The molecule has 1 heterocycles. The van der Waals surface area contributed by atoms with Crippen LogP contribution in [0.5, 0.6) is 0 Å². The Bertz CT molecular complexity index is 872. The first-order valence-corrected chi connectivity index (χ1v) is 11.5. The largest absolute Gasteiger partial charge is 0.313 e. The van der Waals surface area contributed by atoms with Crippen LogP contribution in [0.25, 0.3) is 0 Å². The molecule has 0 saturated carbocycles. The van der Waals surface area contributed by atoms with Crippen LogP contribution in [-0.4, -0.2) is 0 Å². The van der Waals surface area contributed by atoms with Gasteiger partial charge in [0.05, 0.1) is 11.4 Å². The smallest absolute Gasteiger partial charge is 0.219 e. The van der Waals surface area contributed by atoms with Gasteiger partial charge in [-0.3, -0.25) is 4.90 Å². The molecule has 2 aromatic rings. The zero-order valence-electron chi connectivity index (χ0n) is 19.6. The third-order valence-electron chi connectivity index (χ3n) is 5.81. The van der Waals surface area contributed by atoms with E-state index in [2.05, 4.69) is 103 Å². The number of halogens is 1. The molecule has 2 radical (unpaired) electrons. The molecular weight excluding hydrogens is 388 g/mol. The van der Waals surface area contributed by atoms with E-state index in [1.54, 1.807) is 0 Å². The fourth-order valence-corrected chi connectivity index (χ4v) is 4.40. The summed E-state index contributed by atoms with van der Waals surface area (Å²) in [4.78, 5) is 4.15. The number of anilines is 2. The molecular formula is C27H35ClN2. The monoisotopic (exact) mass is 422 g/mol. The molecule has 160 valence electrons. The van der Waals surface area contributed by atoms with Crippen molar-refractivity contribution in [3.63, 3.8) is 0 Å². The molecule has 0 atom stereocenters. The Morgan fingerprint density at radius 3 is 1.37 bits per heavy atom. The number of nitrogens with zero attached hydrogens (tertiary/aromatic N) is 2. The van der Waals surface area contributed by atoms with E-state index in [1.807, 2.05) is 11.1 Å². The minimum Gasteiger partial charge on any atom is -0.313 e. The maximum Gasteiger partial charge on any atom is 0.219 e. The van der Waals surface area contributed by atoms with Crippen molar-refractivity contribution in [2.24, 2.45) is 0 Å². The molecule has 2 aromatic carbocycles. The Morgan fingerprint density at radius 2 is 1.00 bits per heavy atom. The summed E-state index contributed by atoms with van der Waals surface area (Å²) >= 11 is 6.86. The highest BCUT2D eigenvalue weighted by atomic mass is 35.5. The first-order chi connectivity index (χ1) is 14.1. The number of benzene rings is 2. The first-order valence-electron chi connectivity index (χ1n) is 11.1. The third-order valence-corrected chi connectivity index (χ3v) is 6.07. The Labute approximate surface area is 188 Å². The van der Waals surface area contributed by atoms with E-state index in [0.717, 1.165) is 0 Å². The van der Waals surface area contributed by atoms with E-state index >= 15 is 0 Å². The summed E-state index contributed by atoms with van der Waals surface area (Å²) in [7, 11) is 0. The van der Waals surface area contributed by atoms with Crippen molar-refractivity contribution in [2.45, 2.75) is 79.1 Å². The number of hydrogen-bond donors (Lipinski definition) is 0. The van der Waals surface area contributed by atoms with Gasteiger partial charge in [-0.05, 0) is 45.9 Å². The van der Waals surface area contributed by atoms with E-state index in [9.17, 15) is 0 Å². The van der Waals surface area contributed by atoms with Crippen molar-refractivity contribution >= 4 is 23.0 Å². The normalized spacial score (nSPS) is 14.6. The lowest BCUT2D eigenvalue weighted by Crippen LogP contribution is -2.24. The summed E-state index contributed by atoms with van der Waals surface area (Å²) in [5.41, 5.74) is 7.59. The number of hydrogen-bond acceptors (Lipinski definition) is 2. The van der Waals surface area contributed by atoms with Crippen LogP contribution < -0.4 is 9.80 Å². The Balaban J connectivity index is 2.12. The van der Waals surface area contributed by atoms with Gasteiger partial charge >= 0.3 is 0 Å². The molecule has 1 aliphatic heterocycles. The predicted octanol–water partition coefficient (Wildman–Crippen LogP) is 8.54. The summed E-state index contributed by atoms with van der Waals surface area (Å²) in [6.07, 6.45) is 2.01. The molecule has 0 N–H and O–H groups in total. The van der Waals surface area contributed by atoms with Gasteiger partial charge in [-0.15, -0.1) is 0 Å². The summed E-state index contributed by atoms with van der Waals surface area (Å²) < 4.78 is 0. The lowest BCUT2D eigenvalue weighted by atomic mass is 9.91. The fraction of sp³-hybridized carbons (Fsp3) is 0.444. The predicted molar refractivity (Wildman–Crippen MR) is 131 cm³/mol. The van der Waals surface area contributed by atoms with E-state index in [1.165, 1.54) is 33.6 Å². The van der Waals surface area contributed by atoms with E-state index < -0.39 is 0 Å². The third kappa shape index (κ3) is 4.25. The second-order valence-corrected chi connectivity index (χ2v) is 9.83. The maximum absolute atomic E-state index is 6.86. The quantitative estimate of drug-likeness (QED) is 0.430. The average Bonchev–Trinajstić information content (AvgIpc) is 3.07. The first kappa shape index (κ1) is 22.7. The number of rotatable bonds is 6. The molecule has 3 rings (SSSR count). The van der Waals surface area contributed by atoms with Gasteiger partial charge in [-0.2, -0.15) is 0 Å². The summed E-state index contributed by atoms with van der Waals surface area (Å²) in [6, 6.07) is 13.2. The van der Waals surface area contributed by atoms with E-state index in [4.69, 9.17) is 11.6 Å². The van der Waals surface area contributed by atoms with Gasteiger partial charge in [0.1, 0.15) is 5.16 Å². The summed E-state index contributed by atoms with van der Waals surface area (Å²) in [5.74, 6) is 1.62. The molecule has 30 heavy (non-hydrogen) atoms. The highest BCUT2D eigenvalue weighted by Crippen LogP contribution is 2.44. The molecule has 0 unspecified atom stereocenters. The Hall–Kier alpha value is -1.93. The summed E-state index contributed by atoms with van der Waals surface area (Å²) in [6.45, 7) is 21.5. The van der Waals surface area contributed by atoms with Crippen molar-refractivity contribution in [1.29, 1.82) is 0 Å². The van der Waals surface area contributed by atoms with E-state index in [-0.39, 0.29) is 0 Å². The number of para-hydroxylation sites is 2. The second kappa shape index (κ2) is 9.06. The standard InChI is InChI=1S/C27H35ClN2/c1-17(2)21-11-9-12-22(18(3)4)26(21)29-15-25(28)30(16-29)27-23(19(5)6)13-10-14-24(27)20(7)8/h9-15,17-20H,1-8H3. The van der Waals surface area contributed by atoms with Crippen molar-refractivity contribution in [2.75, 3.05) is 9.80 Å². The van der Waals surface area contributed by atoms with Crippen molar-refractivity contribution in [3.8, 4) is 0 Å². The SMILES string of the molecule is CC(C)c1cccc(C(C)C)c1N1[C]N(c2c(C(C)C)cccc2C(C)C)C(Cl)=C1. The van der Waals surface area contributed by atoms with Crippen LogP contribution in [0, 0.1) is 6.67 Å². The molecule has 0 saturated heterocycles. The highest BCUT2D eigenvalue weighted by Gasteiger charge is 2.31.